The fraction of sp³-hybridized carbons (Fsp3) is 0.571. The highest BCUT2D eigenvalue weighted by atomic mass is 16.2. The molecule has 5 heteroatoms. The van der Waals surface area contributed by atoms with Crippen LogP contribution in [0.2, 0.25) is 0 Å². The first-order valence-corrected chi connectivity index (χ1v) is 6.54. The molecule has 1 heterocycles. The summed E-state index contributed by atoms with van der Waals surface area (Å²) >= 11 is 0. The lowest BCUT2D eigenvalue weighted by molar-refractivity contribution is -0.133. The van der Waals surface area contributed by atoms with Gasteiger partial charge >= 0.3 is 0 Å². The van der Waals surface area contributed by atoms with E-state index in [0.717, 1.165) is 12.1 Å². The number of hydrogen-bond donors (Lipinski definition) is 1. The summed E-state index contributed by atoms with van der Waals surface area (Å²) in [5.74, 6) is 0.119. The second-order valence-corrected chi connectivity index (χ2v) is 4.93. The predicted molar refractivity (Wildman–Crippen MR) is 76.7 cm³/mol. The van der Waals surface area contributed by atoms with E-state index in [0.29, 0.717) is 13.1 Å². The third kappa shape index (κ3) is 5.36. The van der Waals surface area contributed by atoms with Crippen LogP contribution in [0.5, 0.6) is 0 Å². The minimum absolute atomic E-state index is 0.119. The number of hydrogen-bond acceptors (Lipinski definition) is 4. The summed E-state index contributed by atoms with van der Waals surface area (Å²) in [7, 11) is 5.82. The van der Waals surface area contributed by atoms with Crippen LogP contribution in [0.3, 0.4) is 0 Å². The van der Waals surface area contributed by atoms with Crippen LogP contribution < -0.4 is 5.32 Å². The Morgan fingerprint density at radius 1 is 1.42 bits per heavy atom. The standard InChI is InChI=1S/C14H24N4O/c1-12(15-2)14(19)18(9-8-17(3)4)11-13-6-5-7-16-10-13/h5-7,10,12,15H,8-9,11H2,1-4H3. The number of carbonyl (C=O) groups is 1. The molecule has 1 rings (SSSR count). The Labute approximate surface area is 115 Å². The molecular formula is C14H24N4O. The van der Waals surface area contributed by atoms with Crippen molar-refractivity contribution < 1.29 is 4.79 Å². The first-order valence-electron chi connectivity index (χ1n) is 6.54. The van der Waals surface area contributed by atoms with Crippen LogP contribution in [0, 0.1) is 0 Å². The molecule has 0 aliphatic heterocycles. The summed E-state index contributed by atoms with van der Waals surface area (Å²) in [6, 6.07) is 3.72. The minimum Gasteiger partial charge on any atom is -0.336 e. The van der Waals surface area contributed by atoms with Gasteiger partial charge in [0.15, 0.2) is 0 Å². The quantitative estimate of drug-likeness (QED) is 0.782. The van der Waals surface area contributed by atoms with Crippen molar-refractivity contribution in [2.24, 2.45) is 0 Å². The molecule has 0 saturated heterocycles. The van der Waals surface area contributed by atoms with Crippen molar-refractivity contribution in [3.05, 3.63) is 30.1 Å². The van der Waals surface area contributed by atoms with Crippen LogP contribution in [0.15, 0.2) is 24.5 Å². The Morgan fingerprint density at radius 2 is 2.16 bits per heavy atom. The number of likely N-dealkylation sites (N-methyl/N-ethyl adjacent to an activating group) is 2. The smallest absolute Gasteiger partial charge is 0.239 e. The number of nitrogens with one attached hydrogen (secondary N) is 1. The molecule has 0 fully saturated rings. The molecule has 1 aromatic heterocycles. The van der Waals surface area contributed by atoms with Gasteiger partial charge in [0, 0.05) is 32.0 Å². The van der Waals surface area contributed by atoms with Gasteiger partial charge in [-0.25, -0.2) is 0 Å². The molecule has 0 bridgehead atoms. The molecule has 0 saturated carbocycles. The van der Waals surface area contributed by atoms with Gasteiger partial charge < -0.3 is 15.1 Å². The third-order valence-corrected chi connectivity index (χ3v) is 3.03. The second kappa shape index (κ2) is 7.86. The maximum absolute atomic E-state index is 12.3. The number of aromatic nitrogens is 1. The monoisotopic (exact) mass is 264 g/mol. The summed E-state index contributed by atoms with van der Waals surface area (Å²) in [4.78, 5) is 20.4. The summed E-state index contributed by atoms with van der Waals surface area (Å²) < 4.78 is 0. The van der Waals surface area contributed by atoms with E-state index in [1.807, 2.05) is 38.1 Å². The topological polar surface area (TPSA) is 48.5 Å². The lowest BCUT2D eigenvalue weighted by Crippen LogP contribution is -2.45. The molecule has 0 aliphatic carbocycles. The fourth-order valence-corrected chi connectivity index (χ4v) is 1.70. The van der Waals surface area contributed by atoms with E-state index in [2.05, 4.69) is 15.2 Å². The molecule has 0 radical (unpaired) electrons. The number of nitrogens with zero attached hydrogens (tertiary/aromatic N) is 3. The van der Waals surface area contributed by atoms with Crippen molar-refractivity contribution in [2.75, 3.05) is 34.2 Å². The molecule has 19 heavy (non-hydrogen) atoms. The molecule has 0 aromatic carbocycles. The minimum atomic E-state index is -0.168. The number of pyridine rings is 1. The van der Waals surface area contributed by atoms with Crippen molar-refractivity contribution in [3.63, 3.8) is 0 Å². The highest BCUT2D eigenvalue weighted by molar-refractivity contribution is 5.81. The van der Waals surface area contributed by atoms with E-state index in [1.165, 1.54) is 0 Å². The van der Waals surface area contributed by atoms with E-state index < -0.39 is 0 Å². The highest BCUT2D eigenvalue weighted by Crippen LogP contribution is 2.05. The van der Waals surface area contributed by atoms with Crippen molar-refractivity contribution in [1.29, 1.82) is 0 Å². The fourth-order valence-electron chi connectivity index (χ4n) is 1.70. The molecule has 1 unspecified atom stereocenters. The highest BCUT2D eigenvalue weighted by Gasteiger charge is 2.19. The molecular weight excluding hydrogens is 240 g/mol. The summed E-state index contributed by atoms with van der Waals surface area (Å²) in [6.45, 7) is 4.05. The summed E-state index contributed by atoms with van der Waals surface area (Å²) in [5, 5.41) is 3.00. The van der Waals surface area contributed by atoms with E-state index in [1.54, 1.807) is 19.4 Å². The van der Waals surface area contributed by atoms with E-state index >= 15 is 0 Å². The SMILES string of the molecule is CNC(C)C(=O)N(CCN(C)C)Cc1cccnc1. The van der Waals surface area contributed by atoms with Crippen LogP contribution >= 0.6 is 0 Å². The van der Waals surface area contributed by atoms with Crippen molar-refractivity contribution >= 4 is 5.91 Å². The number of carbonyl (C=O) groups excluding carboxylic acids is 1. The van der Waals surface area contributed by atoms with Crippen LogP contribution in [0.4, 0.5) is 0 Å². The number of rotatable bonds is 7. The lowest BCUT2D eigenvalue weighted by Gasteiger charge is -2.27. The predicted octanol–water partition coefficient (Wildman–Crippen LogP) is 0.580. The van der Waals surface area contributed by atoms with E-state index in [9.17, 15) is 4.79 Å². The van der Waals surface area contributed by atoms with Gasteiger partial charge in [0.1, 0.15) is 0 Å². The van der Waals surface area contributed by atoms with Gasteiger partial charge in [-0.2, -0.15) is 0 Å². The third-order valence-electron chi connectivity index (χ3n) is 3.03. The Hall–Kier alpha value is -1.46. The normalized spacial score (nSPS) is 12.5. The molecule has 0 spiro atoms. The first-order chi connectivity index (χ1) is 9.04. The van der Waals surface area contributed by atoms with Crippen LogP contribution in [-0.4, -0.2) is 61.0 Å². The molecule has 5 nitrogen and oxygen atoms in total. The lowest BCUT2D eigenvalue weighted by atomic mass is 10.2. The van der Waals surface area contributed by atoms with Crippen molar-refractivity contribution in [1.82, 2.24) is 20.1 Å². The van der Waals surface area contributed by atoms with Gasteiger partial charge in [-0.1, -0.05) is 6.07 Å². The molecule has 106 valence electrons. The average molecular weight is 264 g/mol. The second-order valence-electron chi connectivity index (χ2n) is 4.93. The van der Waals surface area contributed by atoms with Crippen LogP contribution in [0.25, 0.3) is 0 Å². The van der Waals surface area contributed by atoms with Gasteiger partial charge in [-0.3, -0.25) is 9.78 Å². The van der Waals surface area contributed by atoms with Crippen LogP contribution in [0.1, 0.15) is 12.5 Å². The number of amides is 1. The van der Waals surface area contributed by atoms with Crippen LogP contribution in [-0.2, 0) is 11.3 Å². The largest absolute Gasteiger partial charge is 0.336 e. The zero-order chi connectivity index (χ0) is 14.3. The maximum atomic E-state index is 12.3. The Balaban J connectivity index is 2.71. The Bertz CT molecular complexity index is 380. The molecule has 1 amide bonds. The van der Waals surface area contributed by atoms with Crippen molar-refractivity contribution in [3.8, 4) is 0 Å². The average Bonchev–Trinajstić information content (AvgIpc) is 2.42. The molecule has 0 aliphatic rings. The van der Waals surface area contributed by atoms with Gasteiger partial charge in [0.25, 0.3) is 0 Å². The molecule has 1 aromatic rings. The summed E-state index contributed by atoms with van der Waals surface area (Å²) in [6.07, 6.45) is 3.55. The van der Waals surface area contributed by atoms with Crippen molar-refractivity contribution in [2.45, 2.75) is 19.5 Å². The van der Waals surface area contributed by atoms with Gasteiger partial charge in [0.05, 0.1) is 6.04 Å². The molecule has 1 atom stereocenters. The summed E-state index contributed by atoms with van der Waals surface area (Å²) in [5.41, 5.74) is 1.05. The maximum Gasteiger partial charge on any atom is 0.239 e. The van der Waals surface area contributed by atoms with E-state index in [-0.39, 0.29) is 11.9 Å². The Kier molecular flexibility index (Phi) is 6.45. The zero-order valence-electron chi connectivity index (χ0n) is 12.3. The molecule has 1 N–H and O–H groups in total. The van der Waals surface area contributed by atoms with E-state index in [4.69, 9.17) is 0 Å². The van der Waals surface area contributed by atoms with Gasteiger partial charge in [-0.05, 0) is 39.7 Å². The zero-order valence-corrected chi connectivity index (χ0v) is 12.3. The first kappa shape index (κ1) is 15.6. The van der Waals surface area contributed by atoms with Gasteiger partial charge in [0.2, 0.25) is 5.91 Å². The Morgan fingerprint density at radius 3 is 2.68 bits per heavy atom. The van der Waals surface area contributed by atoms with Gasteiger partial charge in [-0.15, -0.1) is 0 Å².